The summed E-state index contributed by atoms with van der Waals surface area (Å²) >= 11 is 6.75. The highest BCUT2D eigenvalue weighted by molar-refractivity contribution is 9.11. The summed E-state index contributed by atoms with van der Waals surface area (Å²) in [5.74, 6) is 0.733. The van der Waals surface area contributed by atoms with Crippen molar-refractivity contribution in [2.45, 2.75) is 0 Å². The number of hydrogen-bond donors (Lipinski definition) is 2. The maximum atomic E-state index is 11.0. The molecule has 1 aromatic heterocycles. The van der Waals surface area contributed by atoms with Gasteiger partial charge in [-0.05, 0) is 40.2 Å². The van der Waals surface area contributed by atoms with Gasteiger partial charge in [0.2, 0.25) is 5.82 Å². The van der Waals surface area contributed by atoms with Crippen LogP contribution in [0.1, 0.15) is 0 Å². The average Bonchev–Trinajstić information content (AvgIpc) is 2.41. The molecule has 0 aliphatic carbocycles. The highest BCUT2D eigenvalue weighted by Gasteiger charge is 2.16. The van der Waals surface area contributed by atoms with E-state index in [9.17, 15) is 10.1 Å². The molecular weight excluding hydrogens is 392 g/mol. The predicted octanol–water partition coefficient (Wildman–Crippen LogP) is 4.30. The van der Waals surface area contributed by atoms with Crippen molar-refractivity contribution in [3.05, 3.63) is 49.4 Å². The van der Waals surface area contributed by atoms with Gasteiger partial charge in [0.1, 0.15) is 5.82 Å². The standard InChI is InChI=1S/C12H10Br2N4O2/c1-15-11-5-4-10(18(19)20)12(17-11)16-9-3-2-7(13)6-8(9)14/h2-6H,1H3,(H2,15,16,17). The first-order valence-electron chi connectivity index (χ1n) is 5.56. The van der Waals surface area contributed by atoms with Crippen molar-refractivity contribution in [1.82, 2.24) is 4.98 Å². The van der Waals surface area contributed by atoms with E-state index in [1.165, 1.54) is 6.07 Å². The first-order chi connectivity index (χ1) is 9.51. The molecule has 8 heteroatoms. The van der Waals surface area contributed by atoms with Crippen LogP contribution < -0.4 is 10.6 Å². The molecule has 0 bridgehead atoms. The SMILES string of the molecule is CNc1ccc([N+](=O)[O-])c(Nc2ccc(Br)cc2Br)n1. The Morgan fingerprint density at radius 1 is 1.25 bits per heavy atom. The smallest absolute Gasteiger partial charge is 0.311 e. The molecule has 0 aliphatic heterocycles. The second-order valence-electron chi connectivity index (χ2n) is 3.82. The third kappa shape index (κ3) is 3.26. The maximum Gasteiger partial charge on any atom is 0.311 e. The lowest BCUT2D eigenvalue weighted by molar-refractivity contribution is -0.384. The summed E-state index contributed by atoms with van der Waals surface area (Å²) in [6.45, 7) is 0. The van der Waals surface area contributed by atoms with Gasteiger partial charge >= 0.3 is 5.69 Å². The Kier molecular flexibility index (Phi) is 4.56. The molecule has 20 heavy (non-hydrogen) atoms. The second kappa shape index (κ2) is 6.19. The van der Waals surface area contributed by atoms with Crippen molar-refractivity contribution in [2.75, 3.05) is 17.7 Å². The van der Waals surface area contributed by atoms with Crippen molar-refractivity contribution in [1.29, 1.82) is 0 Å². The molecule has 6 nitrogen and oxygen atoms in total. The molecule has 0 spiro atoms. The van der Waals surface area contributed by atoms with Gasteiger partial charge in [0.25, 0.3) is 0 Å². The van der Waals surface area contributed by atoms with Crippen LogP contribution >= 0.6 is 31.9 Å². The summed E-state index contributed by atoms with van der Waals surface area (Å²) in [6, 6.07) is 8.44. The Hall–Kier alpha value is -1.67. The van der Waals surface area contributed by atoms with Crippen LogP contribution in [0, 0.1) is 10.1 Å². The highest BCUT2D eigenvalue weighted by Crippen LogP contribution is 2.32. The zero-order chi connectivity index (χ0) is 14.7. The van der Waals surface area contributed by atoms with Crippen LogP contribution in [0.2, 0.25) is 0 Å². The van der Waals surface area contributed by atoms with Crippen LogP contribution in [0.4, 0.5) is 23.0 Å². The minimum Gasteiger partial charge on any atom is -0.373 e. The van der Waals surface area contributed by atoms with Gasteiger partial charge in [0, 0.05) is 22.1 Å². The van der Waals surface area contributed by atoms with Crippen molar-refractivity contribution in [2.24, 2.45) is 0 Å². The van der Waals surface area contributed by atoms with Crippen molar-refractivity contribution in [3.8, 4) is 0 Å². The minimum atomic E-state index is -0.471. The molecule has 0 saturated heterocycles. The van der Waals surface area contributed by atoms with E-state index in [-0.39, 0.29) is 11.5 Å². The van der Waals surface area contributed by atoms with Gasteiger partial charge in [0.15, 0.2) is 0 Å². The van der Waals surface area contributed by atoms with Crippen molar-refractivity contribution < 1.29 is 4.92 Å². The zero-order valence-electron chi connectivity index (χ0n) is 10.4. The van der Waals surface area contributed by atoms with E-state index in [0.717, 1.165) is 8.95 Å². The molecule has 1 aromatic carbocycles. The normalized spacial score (nSPS) is 10.2. The molecule has 0 atom stereocenters. The predicted molar refractivity (Wildman–Crippen MR) is 85.6 cm³/mol. The van der Waals surface area contributed by atoms with Crippen LogP contribution in [0.25, 0.3) is 0 Å². The first kappa shape index (κ1) is 14.7. The largest absolute Gasteiger partial charge is 0.373 e. The third-order valence-corrected chi connectivity index (χ3v) is 3.66. The van der Waals surface area contributed by atoms with Gasteiger partial charge in [-0.2, -0.15) is 0 Å². The van der Waals surface area contributed by atoms with Gasteiger partial charge < -0.3 is 10.6 Å². The molecule has 0 amide bonds. The van der Waals surface area contributed by atoms with Gasteiger partial charge in [-0.25, -0.2) is 4.98 Å². The monoisotopic (exact) mass is 400 g/mol. The summed E-state index contributed by atoms with van der Waals surface area (Å²) in [4.78, 5) is 14.7. The lowest BCUT2D eigenvalue weighted by Crippen LogP contribution is -2.02. The molecule has 0 saturated carbocycles. The fourth-order valence-corrected chi connectivity index (χ4v) is 2.69. The Bertz CT molecular complexity index is 664. The van der Waals surface area contributed by atoms with Crippen LogP contribution in [0.15, 0.2) is 39.3 Å². The number of hydrogen-bond acceptors (Lipinski definition) is 5. The zero-order valence-corrected chi connectivity index (χ0v) is 13.5. The molecule has 0 aliphatic rings. The number of nitrogens with zero attached hydrogens (tertiary/aromatic N) is 2. The maximum absolute atomic E-state index is 11.0. The summed E-state index contributed by atoms with van der Waals surface area (Å²) in [5, 5.41) is 16.9. The molecule has 1 heterocycles. The van der Waals surface area contributed by atoms with Gasteiger partial charge in [-0.15, -0.1) is 0 Å². The Morgan fingerprint density at radius 3 is 2.60 bits per heavy atom. The molecule has 2 N–H and O–H groups in total. The summed E-state index contributed by atoms with van der Waals surface area (Å²) in [6.07, 6.45) is 0. The van der Waals surface area contributed by atoms with Crippen molar-refractivity contribution in [3.63, 3.8) is 0 Å². The van der Waals surface area contributed by atoms with Crippen LogP contribution in [-0.4, -0.2) is 17.0 Å². The summed E-state index contributed by atoms with van der Waals surface area (Å²) in [5.41, 5.74) is 0.607. The van der Waals surface area contributed by atoms with Gasteiger partial charge in [-0.1, -0.05) is 15.9 Å². The first-order valence-corrected chi connectivity index (χ1v) is 7.15. The van der Waals surface area contributed by atoms with Gasteiger partial charge in [0.05, 0.1) is 10.6 Å². The number of benzene rings is 1. The van der Waals surface area contributed by atoms with E-state index >= 15 is 0 Å². The third-order valence-electron chi connectivity index (χ3n) is 2.51. The molecule has 0 fully saturated rings. The Balaban J connectivity index is 2.43. The number of pyridine rings is 1. The van der Waals surface area contributed by atoms with Gasteiger partial charge in [-0.3, -0.25) is 10.1 Å². The fourth-order valence-electron chi connectivity index (χ4n) is 1.55. The number of rotatable bonds is 4. The molecule has 2 rings (SSSR count). The Morgan fingerprint density at radius 2 is 2.00 bits per heavy atom. The average molecular weight is 402 g/mol. The molecule has 2 aromatic rings. The van der Waals surface area contributed by atoms with E-state index in [1.807, 2.05) is 12.1 Å². The van der Waals surface area contributed by atoms with E-state index in [1.54, 1.807) is 19.2 Å². The lowest BCUT2D eigenvalue weighted by atomic mass is 10.3. The van der Waals surface area contributed by atoms with Crippen molar-refractivity contribution >= 4 is 54.9 Å². The van der Waals surface area contributed by atoms with E-state index < -0.39 is 4.92 Å². The van der Waals surface area contributed by atoms with Crippen LogP contribution in [0.5, 0.6) is 0 Å². The minimum absolute atomic E-state index is 0.0844. The molecule has 0 unspecified atom stereocenters. The summed E-state index contributed by atoms with van der Waals surface area (Å²) in [7, 11) is 1.70. The quantitative estimate of drug-likeness (QED) is 0.589. The van der Waals surface area contributed by atoms with E-state index in [0.29, 0.717) is 11.5 Å². The van der Waals surface area contributed by atoms with E-state index in [2.05, 4.69) is 47.5 Å². The molecule has 0 radical (unpaired) electrons. The number of aromatic nitrogens is 1. The number of nitro groups is 1. The topological polar surface area (TPSA) is 80.1 Å². The number of anilines is 3. The van der Waals surface area contributed by atoms with Crippen LogP contribution in [0.3, 0.4) is 0 Å². The lowest BCUT2D eigenvalue weighted by Gasteiger charge is -2.10. The summed E-state index contributed by atoms with van der Waals surface area (Å²) < 4.78 is 1.68. The molecular formula is C12H10Br2N4O2. The molecule has 104 valence electrons. The van der Waals surface area contributed by atoms with E-state index in [4.69, 9.17) is 0 Å². The fraction of sp³-hybridized carbons (Fsp3) is 0.0833. The second-order valence-corrected chi connectivity index (χ2v) is 5.59. The number of nitrogens with one attached hydrogen (secondary N) is 2. The highest BCUT2D eigenvalue weighted by atomic mass is 79.9. The Labute approximate surface area is 132 Å². The van der Waals surface area contributed by atoms with Crippen LogP contribution in [-0.2, 0) is 0 Å². The number of halogens is 2.